The first kappa shape index (κ1) is 13.2. The Morgan fingerprint density at radius 1 is 1.50 bits per heavy atom. The highest BCUT2D eigenvalue weighted by Crippen LogP contribution is 2.34. The number of pyridine rings is 1. The van der Waals surface area contributed by atoms with Crippen LogP contribution in [0.15, 0.2) is 24.5 Å². The van der Waals surface area contributed by atoms with Crippen LogP contribution in [0.2, 0.25) is 5.15 Å². The third-order valence-electron chi connectivity index (χ3n) is 1.83. The third kappa shape index (κ3) is 2.84. The summed E-state index contributed by atoms with van der Waals surface area (Å²) < 4.78 is 0. The number of hydrogen-bond acceptors (Lipinski definition) is 4. The number of rotatable bonds is 3. The fraction of sp³-hybridized carbons (Fsp3) is 0.200. The highest BCUT2D eigenvalue weighted by Gasteiger charge is 2.09. The van der Waals surface area contributed by atoms with E-state index in [-0.39, 0.29) is 12.4 Å². The van der Waals surface area contributed by atoms with Gasteiger partial charge in [-0.25, -0.2) is 4.98 Å². The molecule has 0 radical (unpaired) electrons. The highest BCUT2D eigenvalue weighted by molar-refractivity contribution is 7.19. The van der Waals surface area contributed by atoms with Crippen molar-refractivity contribution in [2.75, 3.05) is 11.9 Å². The Morgan fingerprint density at radius 3 is 2.94 bits per heavy atom. The Kier molecular flexibility index (Phi) is 4.99. The number of hydrogen-bond donors (Lipinski definition) is 1. The molecule has 0 fully saturated rings. The largest absolute Gasteiger partial charge is 0.375 e. The van der Waals surface area contributed by atoms with Crippen LogP contribution in [0.3, 0.4) is 0 Å². The fourth-order valence-corrected chi connectivity index (χ4v) is 2.42. The molecule has 0 unspecified atom stereocenters. The number of aromatic nitrogens is 2. The van der Waals surface area contributed by atoms with Crippen LogP contribution in [0.25, 0.3) is 10.6 Å². The summed E-state index contributed by atoms with van der Waals surface area (Å²) in [5.41, 5.74) is 0.994. The van der Waals surface area contributed by atoms with Crippen LogP contribution in [0.5, 0.6) is 0 Å². The molecule has 6 heteroatoms. The Morgan fingerprint density at radius 2 is 2.31 bits per heavy atom. The second kappa shape index (κ2) is 6.03. The van der Waals surface area contributed by atoms with E-state index in [0.717, 1.165) is 22.1 Å². The molecule has 2 rings (SSSR count). The number of anilines is 1. The smallest absolute Gasteiger partial charge is 0.164 e. The van der Waals surface area contributed by atoms with Gasteiger partial charge in [-0.05, 0) is 19.1 Å². The summed E-state index contributed by atoms with van der Waals surface area (Å²) in [5.74, 6) is 0. The maximum absolute atomic E-state index is 5.99. The number of thiazole rings is 1. The molecule has 0 aromatic carbocycles. The van der Waals surface area contributed by atoms with E-state index in [4.69, 9.17) is 11.6 Å². The molecule has 0 atom stereocenters. The summed E-state index contributed by atoms with van der Waals surface area (Å²) in [6.45, 7) is 2.87. The molecule has 2 aromatic rings. The van der Waals surface area contributed by atoms with E-state index < -0.39 is 0 Å². The van der Waals surface area contributed by atoms with Crippen molar-refractivity contribution in [1.82, 2.24) is 9.97 Å². The number of halogens is 2. The molecule has 0 aliphatic rings. The number of nitrogens with zero attached hydrogens (tertiary/aromatic N) is 2. The Balaban J connectivity index is 0.00000128. The van der Waals surface area contributed by atoms with Crippen LogP contribution in [-0.2, 0) is 0 Å². The van der Waals surface area contributed by atoms with Crippen LogP contribution in [0.4, 0.5) is 5.00 Å². The van der Waals surface area contributed by atoms with Gasteiger partial charge >= 0.3 is 0 Å². The quantitative estimate of drug-likeness (QED) is 0.928. The average Bonchev–Trinajstić information content (AvgIpc) is 2.63. The molecule has 0 bridgehead atoms. The van der Waals surface area contributed by atoms with Gasteiger partial charge in [0.05, 0.1) is 0 Å². The third-order valence-corrected chi connectivity index (χ3v) is 3.28. The van der Waals surface area contributed by atoms with E-state index in [1.54, 1.807) is 23.7 Å². The zero-order chi connectivity index (χ0) is 10.7. The lowest BCUT2D eigenvalue weighted by Crippen LogP contribution is -1.93. The van der Waals surface area contributed by atoms with E-state index in [2.05, 4.69) is 15.3 Å². The first-order valence-corrected chi connectivity index (χ1v) is 5.81. The fourth-order valence-electron chi connectivity index (χ4n) is 1.18. The van der Waals surface area contributed by atoms with Crippen LogP contribution in [0, 0.1) is 0 Å². The minimum absolute atomic E-state index is 0. The van der Waals surface area contributed by atoms with Gasteiger partial charge in [0.15, 0.2) is 5.15 Å². The maximum atomic E-state index is 5.99. The molecule has 0 saturated heterocycles. The van der Waals surface area contributed by atoms with Gasteiger partial charge in [-0.3, -0.25) is 4.98 Å². The van der Waals surface area contributed by atoms with Crippen LogP contribution >= 0.6 is 35.3 Å². The molecule has 3 nitrogen and oxygen atoms in total. The summed E-state index contributed by atoms with van der Waals surface area (Å²) >= 11 is 7.53. The molecule has 0 spiro atoms. The molecule has 0 aliphatic heterocycles. The van der Waals surface area contributed by atoms with Gasteiger partial charge in [0, 0.05) is 24.5 Å². The van der Waals surface area contributed by atoms with Crippen LogP contribution in [-0.4, -0.2) is 16.5 Å². The summed E-state index contributed by atoms with van der Waals surface area (Å²) in [7, 11) is 0. The second-order valence-electron chi connectivity index (χ2n) is 2.91. The summed E-state index contributed by atoms with van der Waals surface area (Å²) in [5, 5.41) is 5.51. The van der Waals surface area contributed by atoms with E-state index in [1.807, 2.05) is 19.1 Å². The van der Waals surface area contributed by atoms with Gasteiger partial charge in [-0.15, -0.1) is 12.4 Å². The summed E-state index contributed by atoms with van der Waals surface area (Å²) in [4.78, 5) is 8.33. The van der Waals surface area contributed by atoms with E-state index in [0.29, 0.717) is 5.15 Å². The van der Waals surface area contributed by atoms with Crippen LogP contribution < -0.4 is 5.32 Å². The molecule has 1 N–H and O–H groups in total. The lowest BCUT2D eigenvalue weighted by molar-refractivity contribution is 1.22. The van der Waals surface area contributed by atoms with Crippen molar-refractivity contribution in [2.24, 2.45) is 0 Å². The number of nitrogens with one attached hydrogen (secondary N) is 1. The topological polar surface area (TPSA) is 37.8 Å². The molecule has 16 heavy (non-hydrogen) atoms. The molecule has 86 valence electrons. The lowest BCUT2D eigenvalue weighted by atomic mass is 10.3. The van der Waals surface area contributed by atoms with Crippen molar-refractivity contribution in [3.05, 3.63) is 29.7 Å². The normalized spacial score (nSPS) is 9.62. The van der Waals surface area contributed by atoms with Gasteiger partial charge in [-0.1, -0.05) is 22.9 Å². The Hall–Kier alpha value is -0.840. The van der Waals surface area contributed by atoms with Crippen molar-refractivity contribution in [3.63, 3.8) is 0 Å². The first-order valence-electron chi connectivity index (χ1n) is 4.62. The lowest BCUT2D eigenvalue weighted by Gasteiger charge is -1.95. The predicted molar refractivity (Wildman–Crippen MR) is 71.8 cm³/mol. The molecule has 0 saturated carbocycles. The molecular formula is C10H11Cl2N3S. The Bertz CT molecular complexity index is 445. The van der Waals surface area contributed by atoms with E-state index >= 15 is 0 Å². The van der Waals surface area contributed by atoms with Crippen molar-refractivity contribution in [2.45, 2.75) is 6.92 Å². The van der Waals surface area contributed by atoms with E-state index in [9.17, 15) is 0 Å². The SMILES string of the molecule is CCNc1sc(-c2cccnc2)nc1Cl.Cl. The van der Waals surface area contributed by atoms with Crippen molar-refractivity contribution in [1.29, 1.82) is 0 Å². The Labute approximate surface area is 109 Å². The molecule has 0 aliphatic carbocycles. The van der Waals surface area contributed by atoms with E-state index in [1.165, 1.54) is 0 Å². The predicted octanol–water partition coefficient (Wildman–Crippen LogP) is 3.71. The highest BCUT2D eigenvalue weighted by atomic mass is 35.5. The molecular weight excluding hydrogens is 265 g/mol. The standard InChI is InChI=1S/C10H10ClN3S.ClH/c1-2-13-10-8(11)14-9(15-10)7-4-3-5-12-6-7;/h3-6,13H,2H2,1H3;1H. The summed E-state index contributed by atoms with van der Waals surface area (Å²) in [6, 6.07) is 3.86. The van der Waals surface area contributed by atoms with Gasteiger partial charge in [0.25, 0.3) is 0 Å². The first-order chi connectivity index (χ1) is 7.31. The second-order valence-corrected chi connectivity index (χ2v) is 4.27. The molecule has 0 amide bonds. The minimum atomic E-state index is 0. The maximum Gasteiger partial charge on any atom is 0.164 e. The van der Waals surface area contributed by atoms with Gasteiger partial charge in [-0.2, -0.15) is 0 Å². The minimum Gasteiger partial charge on any atom is -0.375 e. The zero-order valence-corrected chi connectivity index (χ0v) is 11.0. The molecule has 2 heterocycles. The summed E-state index contributed by atoms with van der Waals surface area (Å²) in [6.07, 6.45) is 3.52. The average molecular weight is 276 g/mol. The zero-order valence-electron chi connectivity index (χ0n) is 8.61. The van der Waals surface area contributed by atoms with Crippen molar-refractivity contribution >= 4 is 40.3 Å². The monoisotopic (exact) mass is 275 g/mol. The van der Waals surface area contributed by atoms with Crippen LogP contribution in [0.1, 0.15) is 6.92 Å². The van der Waals surface area contributed by atoms with Crippen molar-refractivity contribution < 1.29 is 0 Å². The van der Waals surface area contributed by atoms with Gasteiger partial charge in [0.1, 0.15) is 10.0 Å². The molecule has 2 aromatic heterocycles. The van der Waals surface area contributed by atoms with Gasteiger partial charge < -0.3 is 5.32 Å². The van der Waals surface area contributed by atoms with Crippen molar-refractivity contribution in [3.8, 4) is 10.6 Å². The van der Waals surface area contributed by atoms with Gasteiger partial charge in [0.2, 0.25) is 0 Å².